The molecule has 3 rings (SSSR count). The van der Waals surface area contributed by atoms with Crippen molar-refractivity contribution in [3.05, 3.63) is 76.7 Å². The standard InChI is InChI=1S/C21H19NO2S2/c1-4-10-24-17-7-5-6-16(12-17)13-19-20(23)22(21(25)26-19)18-9-8-14(2)11-15(18)3/h4-9,11-13H,1,10H2,2-3H3/b19-13-. The van der Waals surface area contributed by atoms with Crippen LogP contribution in [0.5, 0.6) is 5.75 Å². The minimum atomic E-state index is -0.0932. The van der Waals surface area contributed by atoms with Crippen molar-refractivity contribution >= 4 is 46.0 Å². The first-order chi connectivity index (χ1) is 12.5. The van der Waals surface area contributed by atoms with E-state index in [4.69, 9.17) is 17.0 Å². The lowest BCUT2D eigenvalue weighted by Crippen LogP contribution is -2.28. The highest BCUT2D eigenvalue weighted by Gasteiger charge is 2.34. The average molecular weight is 382 g/mol. The molecular weight excluding hydrogens is 362 g/mol. The number of rotatable bonds is 5. The first-order valence-corrected chi connectivity index (χ1v) is 9.41. The van der Waals surface area contributed by atoms with E-state index in [1.807, 2.05) is 56.3 Å². The normalized spacial score (nSPS) is 15.6. The lowest BCUT2D eigenvalue weighted by atomic mass is 10.1. The maximum absolute atomic E-state index is 12.9. The third-order valence-electron chi connectivity index (χ3n) is 3.91. The number of amides is 1. The molecule has 1 aliphatic heterocycles. The third kappa shape index (κ3) is 3.89. The maximum atomic E-state index is 12.9. The zero-order valence-electron chi connectivity index (χ0n) is 14.7. The van der Waals surface area contributed by atoms with Gasteiger partial charge in [-0.3, -0.25) is 9.69 Å². The van der Waals surface area contributed by atoms with Crippen molar-refractivity contribution in [1.29, 1.82) is 0 Å². The summed E-state index contributed by atoms with van der Waals surface area (Å²) < 4.78 is 6.10. The van der Waals surface area contributed by atoms with Gasteiger partial charge in [0, 0.05) is 0 Å². The van der Waals surface area contributed by atoms with Crippen molar-refractivity contribution in [2.24, 2.45) is 0 Å². The number of nitrogens with zero attached hydrogens (tertiary/aromatic N) is 1. The molecule has 132 valence electrons. The zero-order valence-corrected chi connectivity index (χ0v) is 16.3. The molecule has 0 saturated carbocycles. The highest BCUT2D eigenvalue weighted by molar-refractivity contribution is 8.27. The molecule has 1 aliphatic rings. The first-order valence-electron chi connectivity index (χ1n) is 8.18. The molecule has 1 fully saturated rings. The maximum Gasteiger partial charge on any atom is 0.270 e. The third-order valence-corrected chi connectivity index (χ3v) is 5.21. The predicted molar refractivity (Wildman–Crippen MR) is 114 cm³/mol. The summed E-state index contributed by atoms with van der Waals surface area (Å²) in [5.74, 6) is 0.646. The van der Waals surface area contributed by atoms with E-state index in [1.165, 1.54) is 11.8 Å². The molecule has 2 aromatic rings. The lowest BCUT2D eigenvalue weighted by Gasteiger charge is -2.17. The van der Waals surface area contributed by atoms with E-state index in [2.05, 4.69) is 12.6 Å². The number of thioether (sulfide) groups is 1. The van der Waals surface area contributed by atoms with Gasteiger partial charge in [-0.2, -0.15) is 0 Å². The number of benzene rings is 2. The molecule has 1 amide bonds. The zero-order chi connectivity index (χ0) is 18.7. The van der Waals surface area contributed by atoms with Gasteiger partial charge in [0.15, 0.2) is 4.32 Å². The van der Waals surface area contributed by atoms with Crippen molar-refractivity contribution in [2.45, 2.75) is 13.8 Å². The minimum Gasteiger partial charge on any atom is -0.490 e. The van der Waals surface area contributed by atoms with Crippen LogP contribution in [0.4, 0.5) is 5.69 Å². The SMILES string of the molecule is C=CCOc1cccc(/C=C2\SC(=S)N(c3ccc(C)cc3C)C2=O)c1. The van der Waals surface area contributed by atoms with Gasteiger partial charge in [0.2, 0.25) is 0 Å². The summed E-state index contributed by atoms with van der Waals surface area (Å²) in [5.41, 5.74) is 3.92. The Balaban J connectivity index is 1.89. The molecule has 26 heavy (non-hydrogen) atoms. The van der Waals surface area contributed by atoms with Gasteiger partial charge in [0.1, 0.15) is 12.4 Å². The Morgan fingerprint density at radius 1 is 1.23 bits per heavy atom. The molecule has 1 heterocycles. The molecule has 0 radical (unpaired) electrons. The molecule has 0 atom stereocenters. The van der Waals surface area contributed by atoms with Crippen LogP contribution in [0.2, 0.25) is 0 Å². The highest BCUT2D eigenvalue weighted by Crippen LogP contribution is 2.37. The number of carbonyl (C=O) groups excluding carboxylic acids is 1. The van der Waals surface area contributed by atoms with Gasteiger partial charge in [-0.25, -0.2) is 0 Å². The first kappa shape index (κ1) is 18.4. The Labute approximate surface area is 163 Å². The largest absolute Gasteiger partial charge is 0.490 e. The molecule has 0 aliphatic carbocycles. The fourth-order valence-corrected chi connectivity index (χ4v) is 4.02. The van der Waals surface area contributed by atoms with Crippen LogP contribution in [0.15, 0.2) is 60.0 Å². The number of hydrogen-bond donors (Lipinski definition) is 0. The van der Waals surface area contributed by atoms with E-state index < -0.39 is 0 Å². The van der Waals surface area contributed by atoms with Crippen LogP contribution in [0.1, 0.15) is 16.7 Å². The van der Waals surface area contributed by atoms with Crippen molar-refractivity contribution in [1.82, 2.24) is 0 Å². The molecule has 0 bridgehead atoms. The molecular formula is C21H19NO2S2. The Bertz CT molecular complexity index is 918. The van der Waals surface area contributed by atoms with E-state index in [9.17, 15) is 4.79 Å². The van der Waals surface area contributed by atoms with Gasteiger partial charge in [-0.1, -0.05) is 66.5 Å². The smallest absolute Gasteiger partial charge is 0.270 e. The van der Waals surface area contributed by atoms with Crippen molar-refractivity contribution < 1.29 is 9.53 Å². The number of carbonyl (C=O) groups is 1. The van der Waals surface area contributed by atoms with Gasteiger partial charge in [-0.15, -0.1) is 0 Å². The lowest BCUT2D eigenvalue weighted by molar-refractivity contribution is -0.113. The molecule has 0 aromatic heterocycles. The van der Waals surface area contributed by atoms with E-state index in [0.717, 1.165) is 28.1 Å². The second-order valence-electron chi connectivity index (χ2n) is 5.98. The fraction of sp³-hybridized carbons (Fsp3) is 0.143. The Hall–Kier alpha value is -2.37. The monoisotopic (exact) mass is 381 g/mol. The fourth-order valence-electron chi connectivity index (χ4n) is 2.73. The summed E-state index contributed by atoms with van der Waals surface area (Å²) in [6.45, 7) is 8.11. The molecule has 0 spiro atoms. The second kappa shape index (κ2) is 7.89. The molecule has 0 N–H and O–H groups in total. The van der Waals surface area contributed by atoms with E-state index in [1.54, 1.807) is 11.0 Å². The highest BCUT2D eigenvalue weighted by atomic mass is 32.2. The van der Waals surface area contributed by atoms with E-state index in [0.29, 0.717) is 15.8 Å². The molecule has 5 heteroatoms. The van der Waals surface area contributed by atoms with Gasteiger partial charge in [0.05, 0.1) is 10.6 Å². The number of anilines is 1. The van der Waals surface area contributed by atoms with Gasteiger partial charge in [0.25, 0.3) is 5.91 Å². The molecule has 0 unspecified atom stereocenters. The molecule has 1 saturated heterocycles. The Morgan fingerprint density at radius 2 is 2.04 bits per heavy atom. The topological polar surface area (TPSA) is 29.5 Å². The van der Waals surface area contributed by atoms with Crippen LogP contribution in [0.3, 0.4) is 0 Å². The quantitative estimate of drug-likeness (QED) is 0.401. The van der Waals surface area contributed by atoms with Gasteiger partial charge < -0.3 is 4.74 Å². The van der Waals surface area contributed by atoms with Crippen molar-refractivity contribution in [2.75, 3.05) is 11.5 Å². The van der Waals surface area contributed by atoms with Crippen LogP contribution >= 0.6 is 24.0 Å². The number of aryl methyl sites for hydroxylation is 2. The van der Waals surface area contributed by atoms with E-state index in [-0.39, 0.29) is 5.91 Å². The molecule has 3 nitrogen and oxygen atoms in total. The Kier molecular flexibility index (Phi) is 5.59. The van der Waals surface area contributed by atoms with Gasteiger partial charge >= 0.3 is 0 Å². The summed E-state index contributed by atoms with van der Waals surface area (Å²) >= 11 is 6.78. The number of hydrogen-bond acceptors (Lipinski definition) is 4. The van der Waals surface area contributed by atoms with Crippen LogP contribution in [-0.4, -0.2) is 16.8 Å². The summed E-state index contributed by atoms with van der Waals surface area (Å²) in [6.07, 6.45) is 3.55. The minimum absolute atomic E-state index is 0.0932. The summed E-state index contributed by atoms with van der Waals surface area (Å²) in [4.78, 5) is 15.1. The van der Waals surface area contributed by atoms with Gasteiger partial charge in [-0.05, 0) is 49.2 Å². The van der Waals surface area contributed by atoms with Crippen LogP contribution in [0.25, 0.3) is 6.08 Å². The predicted octanol–water partition coefficient (Wildman–Crippen LogP) is 5.27. The molecule has 2 aromatic carbocycles. The summed E-state index contributed by atoms with van der Waals surface area (Å²) in [7, 11) is 0. The summed E-state index contributed by atoms with van der Waals surface area (Å²) in [5, 5.41) is 0. The van der Waals surface area contributed by atoms with Crippen LogP contribution < -0.4 is 9.64 Å². The average Bonchev–Trinajstić information content (AvgIpc) is 2.88. The van der Waals surface area contributed by atoms with Crippen LogP contribution in [-0.2, 0) is 4.79 Å². The number of thiocarbonyl (C=S) groups is 1. The Morgan fingerprint density at radius 3 is 2.77 bits per heavy atom. The number of ether oxygens (including phenoxy) is 1. The van der Waals surface area contributed by atoms with Crippen molar-refractivity contribution in [3.8, 4) is 5.75 Å². The summed E-state index contributed by atoms with van der Waals surface area (Å²) in [6, 6.07) is 13.6. The second-order valence-corrected chi connectivity index (χ2v) is 7.65. The van der Waals surface area contributed by atoms with E-state index >= 15 is 0 Å². The van der Waals surface area contributed by atoms with Crippen molar-refractivity contribution in [3.63, 3.8) is 0 Å². The van der Waals surface area contributed by atoms with Crippen LogP contribution in [0, 0.1) is 13.8 Å².